The summed E-state index contributed by atoms with van der Waals surface area (Å²) < 4.78 is 38.7. The molecule has 0 aromatic carbocycles. The first-order chi connectivity index (χ1) is 9.62. The summed E-state index contributed by atoms with van der Waals surface area (Å²) in [6.45, 7) is 0. The van der Waals surface area contributed by atoms with Gasteiger partial charge in [0.1, 0.15) is 6.04 Å². The van der Waals surface area contributed by atoms with Crippen molar-refractivity contribution < 1.29 is 32.7 Å². The summed E-state index contributed by atoms with van der Waals surface area (Å²) in [5, 5.41) is 10.8. The molecule has 0 bridgehead atoms. The maximum Gasteiger partial charge on any atom is 0.392 e. The zero-order valence-electron chi connectivity index (χ0n) is 11.2. The van der Waals surface area contributed by atoms with E-state index in [1.807, 2.05) is 5.32 Å². The molecule has 0 saturated heterocycles. The second-order valence-electron chi connectivity index (χ2n) is 5.11. The van der Waals surface area contributed by atoms with E-state index >= 15 is 0 Å². The van der Waals surface area contributed by atoms with E-state index in [4.69, 9.17) is 10.8 Å². The number of halogens is 3. The van der Waals surface area contributed by atoms with Gasteiger partial charge in [0, 0.05) is 5.92 Å². The van der Waals surface area contributed by atoms with Crippen molar-refractivity contribution >= 4 is 17.8 Å². The van der Waals surface area contributed by atoms with Crippen LogP contribution in [0.4, 0.5) is 13.2 Å². The molecule has 120 valence electrons. The van der Waals surface area contributed by atoms with Gasteiger partial charge in [-0.1, -0.05) is 12.8 Å². The summed E-state index contributed by atoms with van der Waals surface area (Å²) >= 11 is 0. The lowest BCUT2D eigenvalue weighted by molar-refractivity contribution is -0.198. The van der Waals surface area contributed by atoms with E-state index in [1.165, 1.54) is 0 Å². The molecule has 0 radical (unpaired) electrons. The number of carbonyl (C=O) groups is 3. The number of hydrogen-bond acceptors (Lipinski definition) is 3. The second kappa shape index (κ2) is 6.77. The van der Waals surface area contributed by atoms with Crippen molar-refractivity contribution in [3.05, 3.63) is 0 Å². The number of aliphatic carboxylic acids is 1. The third-order valence-electron chi connectivity index (χ3n) is 3.54. The van der Waals surface area contributed by atoms with Crippen LogP contribution in [0.15, 0.2) is 0 Å². The van der Waals surface area contributed by atoms with E-state index in [9.17, 15) is 27.6 Å². The highest BCUT2D eigenvalue weighted by Crippen LogP contribution is 2.41. The van der Waals surface area contributed by atoms with Gasteiger partial charge in [0.2, 0.25) is 11.8 Å². The smallest absolute Gasteiger partial charge is 0.392 e. The Morgan fingerprint density at radius 2 is 1.81 bits per heavy atom. The van der Waals surface area contributed by atoms with Crippen LogP contribution >= 0.6 is 0 Å². The molecular formula is C12H17F3N2O4. The first kappa shape index (κ1) is 17.3. The number of hydrogen-bond donors (Lipinski definition) is 3. The summed E-state index contributed by atoms with van der Waals surface area (Å²) in [5.74, 6) is -6.58. The molecule has 1 aliphatic rings. The fraction of sp³-hybridized carbons (Fsp3) is 0.750. The summed E-state index contributed by atoms with van der Waals surface area (Å²) in [6.07, 6.45) is -4.45. The fourth-order valence-electron chi connectivity index (χ4n) is 2.52. The summed E-state index contributed by atoms with van der Waals surface area (Å²) in [4.78, 5) is 33.5. The van der Waals surface area contributed by atoms with E-state index in [0.717, 1.165) is 0 Å². The van der Waals surface area contributed by atoms with Gasteiger partial charge in [-0.15, -0.1) is 0 Å². The Bertz CT molecular complexity index is 425. The van der Waals surface area contributed by atoms with Crippen LogP contribution in [0, 0.1) is 11.8 Å². The van der Waals surface area contributed by atoms with Gasteiger partial charge in [-0.25, -0.2) is 4.79 Å². The van der Waals surface area contributed by atoms with Crippen LogP contribution < -0.4 is 11.1 Å². The van der Waals surface area contributed by atoms with Crippen LogP contribution in [-0.4, -0.2) is 35.1 Å². The van der Waals surface area contributed by atoms with Crippen molar-refractivity contribution in [3.63, 3.8) is 0 Å². The topological polar surface area (TPSA) is 109 Å². The number of nitrogens with one attached hydrogen (secondary N) is 1. The minimum absolute atomic E-state index is 0.0406. The van der Waals surface area contributed by atoms with E-state index in [-0.39, 0.29) is 12.8 Å². The molecule has 9 heteroatoms. The van der Waals surface area contributed by atoms with Crippen molar-refractivity contribution in [2.24, 2.45) is 17.6 Å². The van der Waals surface area contributed by atoms with E-state index in [2.05, 4.69) is 0 Å². The number of primary amides is 1. The summed E-state index contributed by atoms with van der Waals surface area (Å²) in [5.41, 5.74) is 4.85. The normalized spacial score (nSPS) is 24.1. The summed E-state index contributed by atoms with van der Waals surface area (Å²) in [7, 11) is 0. The third-order valence-corrected chi connectivity index (χ3v) is 3.54. The molecule has 1 fully saturated rings. The predicted molar refractivity (Wildman–Crippen MR) is 64.9 cm³/mol. The zero-order chi connectivity index (χ0) is 16.2. The highest BCUT2D eigenvalue weighted by atomic mass is 19.4. The van der Waals surface area contributed by atoms with Crippen molar-refractivity contribution in [2.45, 2.75) is 44.3 Å². The Morgan fingerprint density at radius 1 is 1.24 bits per heavy atom. The average Bonchev–Trinajstić information content (AvgIpc) is 2.36. The molecule has 0 aromatic rings. The molecular weight excluding hydrogens is 293 g/mol. The standard InChI is InChI=1S/C12H17F3N2O4/c13-12(14,15)7-4-2-1-3-6(7)10(19)17-8(11(20)21)5-9(16)18/h6-8H,1-5H2,(H2,16,18)(H,17,19)(H,20,21)/t6?,7?,8-/m0/s1. The van der Waals surface area contributed by atoms with E-state index < -0.39 is 48.3 Å². The van der Waals surface area contributed by atoms with Gasteiger partial charge in [0.25, 0.3) is 0 Å². The van der Waals surface area contributed by atoms with Gasteiger partial charge in [-0.3, -0.25) is 9.59 Å². The molecule has 21 heavy (non-hydrogen) atoms. The molecule has 3 atom stereocenters. The average molecular weight is 310 g/mol. The number of nitrogens with two attached hydrogens (primary N) is 1. The van der Waals surface area contributed by atoms with Crippen LogP contribution in [0.5, 0.6) is 0 Å². The zero-order valence-corrected chi connectivity index (χ0v) is 11.2. The van der Waals surface area contributed by atoms with Crippen molar-refractivity contribution in [2.75, 3.05) is 0 Å². The number of amides is 2. The fourth-order valence-corrected chi connectivity index (χ4v) is 2.52. The monoisotopic (exact) mass is 310 g/mol. The number of rotatable bonds is 5. The highest BCUT2D eigenvalue weighted by Gasteiger charge is 2.48. The van der Waals surface area contributed by atoms with Gasteiger partial charge in [-0.05, 0) is 12.8 Å². The second-order valence-corrected chi connectivity index (χ2v) is 5.11. The molecule has 1 saturated carbocycles. The Labute approximate surface area is 118 Å². The van der Waals surface area contributed by atoms with Gasteiger partial charge in [-0.2, -0.15) is 13.2 Å². The molecule has 0 heterocycles. The molecule has 0 spiro atoms. The Balaban J connectivity index is 2.79. The Morgan fingerprint density at radius 3 is 2.29 bits per heavy atom. The first-order valence-electron chi connectivity index (χ1n) is 6.51. The molecule has 1 aliphatic carbocycles. The minimum atomic E-state index is -4.51. The minimum Gasteiger partial charge on any atom is -0.480 e. The lowest BCUT2D eigenvalue weighted by atomic mass is 9.78. The largest absolute Gasteiger partial charge is 0.480 e. The molecule has 2 unspecified atom stereocenters. The maximum atomic E-state index is 12.9. The number of carboxylic acid groups (broad SMARTS) is 1. The third kappa shape index (κ3) is 4.91. The van der Waals surface area contributed by atoms with Crippen LogP contribution in [-0.2, 0) is 14.4 Å². The van der Waals surface area contributed by atoms with Gasteiger partial charge in [0.15, 0.2) is 0 Å². The molecule has 0 aliphatic heterocycles. The maximum absolute atomic E-state index is 12.9. The van der Waals surface area contributed by atoms with Gasteiger partial charge < -0.3 is 16.2 Å². The van der Waals surface area contributed by atoms with Crippen LogP contribution in [0.3, 0.4) is 0 Å². The molecule has 0 aromatic heterocycles. The Hall–Kier alpha value is -1.80. The number of carboxylic acids is 1. The molecule has 6 nitrogen and oxygen atoms in total. The molecule has 2 amide bonds. The van der Waals surface area contributed by atoms with Crippen LogP contribution in [0.1, 0.15) is 32.1 Å². The predicted octanol–water partition coefficient (Wildman–Crippen LogP) is 0.800. The molecule has 1 rings (SSSR count). The van der Waals surface area contributed by atoms with Crippen LogP contribution in [0.2, 0.25) is 0 Å². The quantitative estimate of drug-likeness (QED) is 0.697. The van der Waals surface area contributed by atoms with Crippen molar-refractivity contribution in [3.8, 4) is 0 Å². The number of carbonyl (C=O) groups excluding carboxylic acids is 2. The first-order valence-corrected chi connectivity index (χ1v) is 6.51. The lowest BCUT2D eigenvalue weighted by Gasteiger charge is -2.32. The van der Waals surface area contributed by atoms with Gasteiger partial charge >= 0.3 is 12.1 Å². The molecule has 4 N–H and O–H groups in total. The van der Waals surface area contributed by atoms with E-state index in [0.29, 0.717) is 12.8 Å². The van der Waals surface area contributed by atoms with Crippen molar-refractivity contribution in [1.82, 2.24) is 5.32 Å². The van der Waals surface area contributed by atoms with Crippen LogP contribution in [0.25, 0.3) is 0 Å². The van der Waals surface area contributed by atoms with E-state index in [1.54, 1.807) is 0 Å². The summed E-state index contributed by atoms with van der Waals surface area (Å²) in [6, 6.07) is -1.61. The highest BCUT2D eigenvalue weighted by molar-refractivity contribution is 5.89. The SMILES string of the molecule is NC(=O)C[C@H](NC(=O)C1CCCCC1C(F)(F)F)C(=O)O. The van der Waals surface area contributed by atoms with Gasteiger partial charge in [0.05, 0.1) is 12.3 Å². The number of alkyl halides is 3. The lowest BCUT2D eigenvalue weighted by Crippen LogP contribution is -2.49. The van der Waals surface area contributed by atoms with Crippen molar-refractivity contribution in [1.29, 1.82) is 0 Å². The Kier molecular flexibility index (Phi) is 5.56.